The van der Waals surface area contributed by atoms with Gasteiger partial charge in [-0.1, -0.05) is 12.1 Å². The number of hydrogen-bond donors (Lipinski definition) is 2. The molecule has 3 rings (SSSR count). The highest BCUT2D eigenvalue weighted by Crippen LogP contribution is 2.22. The number of likely N-dealkylation sites (tertiary alicyclic amines) is 1. The van der Waals surface area contributed by atoms with Crippen molar-refractivity contribution in [1.29, 1.82) is 0 Å². The van der Waals surface area contributed by atoms with Gasteiger partial charge in [0.2, 0.25) is 0 Å². The van der Waals surface area contributed by atoms with Crippen molar-refractivity contribution in [2.45, 2.75) is 32.8 Å². The normalized spacial score (nSPS) is 16.1. The van der Waals surface area contributed by atoms with E-state index in [2.05, 4.69) is 5.32 Å². The average molecular weight is 388 g/mol. The lowest BCUT2D eigenvalue weighted by Gasteiger charge is -2.33. The van der Waals surface area contributed by atoms with Crippen molar-refractivity contribution in [3.8, 4) is 0 Å². The fourth-order valence-electron chi connectivity index (χ4n) is 3.51. The summed E-state index contributed by atoms with van der Waals surface area (Å²) in [5.41, 5.74) is 0.930. The Bertz CT molecular complexity index is 839. The Morgan fingerprint density at radius 3 is 2.46 bits per heavy atom. The number of hydrogen-bond acceptors (Lipinski definition) is 4. The summed E-state index contributed by atoms with van der Waals surface area (Å²) < 4.78 is 18.4. The largest absolute Gasteiger partial charge is 0.466 e. The quantitative estimate of drug-likeness (QED) is 0.825. The zero-order valence-electron chi connectivity index (χ0n) is 16.1. The second-order valence-corrected chi connectivity index (χ2v) is 7.26. The van der Waals surface area contributed by atoms with E-state index in [1.165, 1.54) is 24.3 Å². The van der Waals surface area contributed by atoms with Gasteiger partial charge >= 0.3 is 0 Å². The number of nitrogens with one attached hydrogen (secondary N) is 1. The Balaban J connectivity index is 1.47. The maximum atomic E-state index is 13.0. The number of aliphatic hydroxyl groups is 1. The predicted molar refractivity (Wildman–Crippen MR) is 101 cm³/mol. The van der Waals surface area contributed by atoms with E-state index in [9.17, 15) is 19.1 Å². The van der Waals surface area contributed by atoms with E-state index in [0.717, 1.165) is 12.8 Å². The molecule has 1 aromatic heterocycles. The zero-order valence-corrected chi connectivity index (χ0v) is 16.1. The highest BCUT2D eigenvalue weighted by Gasteiger charge is 2.28. The molecule has 7 heteroatoms. The third-order valence-electron chi connectivity index (χ3n) is 5.18. The highest BCUT2D eigenvalue weighted by molar-refractivity contribution is 5.95. The van der Waals surface area contributed by atoms with Crippen molar-refractivity contribution in [2.24, 2.45) is 5.92 Å². The molecule has 1 atom stereocenters. The van der Waals surface area contributed by atoms with Gasteiger partial charge in [0.25, 0.3) is 11.8 Å². The number of halogens is 1. The number of aliphatic hydroxyl groups excluding tert-OH is 1. The molecule has 0 spiro atoms. The number of aryl methyl sites for hydroxylation is 2. The van der Waals surface area contributed by atoms with Crippen LogP contribution in [-0.4, -0.2) is 41.5 Å². The molecule has 1 fully saturated rings. The summed E-state index contributed by atoms with van der Waals surface area (Å²) in [4.78, 5) is 26.4. The molecule has 0 aliphatic carbocycles. The van der Waals surface area contributed by atoms with Gasteiger partial charge in [0.05, 0.1) is 5.56 Å². The van der Waals surface area contributed by atoms with Crippen LogP contribution in [-0.2, 0) is 4.79 Å². The number of piperidine rings is 1. The van der Waals surface area contributed by atoms with Gasteiger partial charge in [0.15, 0.2) is 6.10 Å². The van der Waals surface area contributed by atoms with Crippen LogP contribution in [0.15, 0.2) is 34.7 Å². The first-order valence-electron chi connectivity index (χ1n) is 9.42. The van der Waals surface area contributed by atoms with Crippen LogP contribution in [0.2, 0.25) is 0 Å². The van der Waals surface area contributed by atoms with Crippen molar-refractivity contribution >= 4 is 11.8 Å². The lowest BCUT2D eigenvalue weighted by molar-refractivity contribution is -0.142. The Hall–Kier alpha value is -2.67. The van der Waals surface area contributed by atoms with E-state index >= 15 is 0 Å². The Morgan fingerprint density at radius 1 is 1.25 bits per heavy atom. The molecule has 2 heterocycles. The van der Waals surface area contributed by atoms with Gasteiger partial charge in [0, 0.05) is 19.6 Å². The maximum Gasteiger partial charge on any atom is 0.256 e. The Kier molecular flexibility index (Phi) is 6.14. The molecule has 2 aromatic rings. The summed E-state index contributed by atoms with van der Waals surface area (Å²) in [7, 11) is 0. The van der Waals surface area contributed by atoms with Crippen LogP contribution < -0.4 is 5.32 Å². The summed E-state index contributed by atoms with van der Waals surface area (Å²) in [5, 5.41) is 13.2. The van der Waals surface area contributed by atoms with Gasteiger partial charge < -0.3 is 19.7 Å². The molecule has 1 aromatic carbocycles. The first-order chi connectivity index (χ1) is 13.3. The average Bonchev–Trinajstić information content (AvgIpc) is 3.04. The van der Waals surface area contributed by atoms with E-state index in [-0.39, 0.29) is 17.7 Å². The summed E-state index contributed by atoms with van der Waals surface area (Å²) in [6.07, 6.45) is 0.195. The lowest BCUT2D eigenvalue weighted by atomic mass is 9.95. The van der Waals surface area contributed by atoms with Gasteiger partial charge in [-0.15, -0.1) is 0 Å². The van der Waals surface area contributed by atoms with Crippen LogP contribution in [0.4, 0.5) is 4.39 Å². The fourth-order valence-corrected chi connectivity index (χ4v) is 3.51. The molecular weight excluding hydrogens is 363 g/mol. The molecule has 0 saturated carbocycles. The summed E-state index contributed by atoms with van der Waals surface area (Å²) in [6.45, 7) is 5.13. The number of nitrogens with zero attached hydrogens (tertiary/aromatic N) is 1. The van der Waals surface area contributed by atoms with Gasteiger partial charge in [-0.25, -0.2) is 4.39 Å². The molecular formula is C21H25FN2O4. The van der Waals surface area contributed by atoms with Gasteiger partial charge in [0.1, 0.15) is 17.3 Å². The number of benzene rings is 1. The molecule has 1 aliphatic heterocycles. The SMILES string of the molecule is Cc1cc(C(=O)NCC2CCN(C(=O)C(O)c3ccc(F)cc3)CC2)c(C)o1. The minimum Gasteiger partial charge on any atom is -0.466 e. The number of rotatable bonds is 5. The van der Waals surface area contributed by atoms with E-state index in [4.69, 9.17) is 4.42 Å². The molecule has 150 valence electrons. The lowest BCUT2D eigenvalue weighted by Crippen LogP contribution is -2.43. The zero-order chi connectivity index (χ0) is 20.3. The standard InChI is InChI=1S/C21H25FN2O4/c1-13-11-18(14(2)28-13)20(26)23-12-15-7-9-24(10-8-15)21(27)19(25)16-3-5-17(22)6-4-16/h3-6,11,15,19,25H,7-10,12H2,1-2H3,(H,23,26). The molecule has 0 bridgehead atoms. The van der Waals surface area contributed by atoms with E-state index in [1.807, 2.05) is 0 Å². The minimum atomic E-state index is -1.29. The second-order valence-electron chi connectivity index (χ2n) is 7.26. The molecule has 0 radical (unpaired) electrons. The summed E-state index contributed by atoms with van der Waals surface area (Å²) in [5.74, 6) is 0.633. The van der Waals surface area contributed by atoms with Gasteiger partial charge in [-0.2, -0.15) is 0 Å². The first-order valence-corrected chi connectivity index (χ1v) is 9.42. The van der Waals surface area contributed by atoms with Crippen molar-refractivity contribution < 1.29 is 23.5 Å². The van der Waals surface area contributed by atoms with E-state index < -0.39 is 11.9 Å². The maximum absolute atomic E-state index is 13.0. The summed E-state index contributed by atoms with van der Waals surface area (Å²) >= 11 is 0. The second kappa shape index (κ2) is 8.56. The number of carbonyl (C=O) groups excluding carboxylic acids is 2. The van der Waals surface area contributed by atoms with Gasteiger partial charge in [-0.05, 0) is 56.4 Å². The predicted octanol–water partition coefficient (Wildman–Crippen LogP) is 2.74. The van der Waals surface area contributed by atoms with Crippen molar-refractivity contribution in [2.75, 3.05) is 19.6 Å². The third kappa shape index (κ3) is 4.59. The van der Waals surface area contributed by atoms with E-state index in [1.54, 1.807) is 24.8 Å². The first kappa shape index (κ1) is 20.1. The monoisotopic (exact) mass is 388 g/mol. The van der Waals surface area contributed by atoms with Crippen LogP contribution in [0.1, 0.15) is 46.4 Å². The molecule has 1 saturated heterocycles. The molecule has 1 unspecified atom stereocenters. The molecule has 2 N–H and O–H groups in total. The van der Waals surface area contributed by atoms with Crippen LogP contribution in [0.3, 0.4) is 0 Å². The third-order valence-corrected chi connectivity index (χ3v) is 5.18. The Labute approximate surface area is 163 Å². The van der Waals surface area contributed by atoms with Crippen LogP contribution in [0, 0.1) is 25.6 Å². The van der Waals surface area contributed by atoms with Crippen molar-refractivity contribution in [1.82, 2.24) is 10.2 Å². The smallest absolute Gasteiger partial charge is 0.256 e. The highest BCUT2D eigenvalue weighted by atomic mass is 19.1. The number of furan rings is 1. The molecule has 1 aliphatic rings. The minimum absolute atomic E-state index is 0.153. The van der Waals surface area contributed by atoms with Crippen LogP contribution in [0.5, 0.6) is 0 Å². The van der Waals surface area contributed by atoms with Crippen molar-refractivity contribution in [3.63, 3.8) is 0 Å². The van der Waals surface area contributed by atoms with Crippen molar-refractivity contribution in [3.05, 3.63) is 58.8 Å². The topological polar surface area (TPSA) is 82.8 Å². The Morgan fingerprint density at radius 2 is 1.89 bits per heavy atom. The number of carbonyl (C=O) groups is 2. The fraction of sp³-hybridized carbons (Fsp3) is 0.429. The van der Waals surface area contributed by atoms with Gasteiger partial charge in [-0.3, -0.25) is 9.59 Å². The summed E-state index contributed by atoms with van der Waals surface area (Å²) in [6, 6.07) is 7.01. The molecule has 28 heavy (non-hydrogen) atoms. The molecule has 6 nitrogen and oxygen atoms in total. The number of amides is 2. The van der Waals surface area contributed by atoms with E-state index in [0.29, 0.717) is 42.3 Å². The van der Waals surface area contributed by atoms with Crippen LogP contribution >= 0.6 is 0 Å². The molecule has 2 amide bonds. The van der Waals surface area contributed by atoms with Crippen LogP contribution in [0.25, 0.3) is 0 Å².